The maximum atomic E-state index is 12.7. The van der Waals surface area contributed by atoms with Crippen molar-refractivity contribution in [2.75, 3.05) is 4.72 Å². The van der Waals surface area contributed by atoms with E-state index in [1.54, 1.807) is 6.07 Å². The first-order valence-electron chi connectivity index (χ1n) is 6.81. The van der Waals surface area contributed by atoms with Gasteiger partial charge in [0.1, 0.15) is 4.21 Å². The number of para-hydroxylation sites is 1. The third-order valence-corrected chi connectivity index (χ3v) is 6.63. The number of rotatable bonds is 4. The highest BCUT2D eigenvalue weighted by Crippen LogP contribution is 2.45. The summed E-state index contributed by atoms with van der Waals surface area (Å²) in [5, 5.41) is 2.85. The minimum atomic E-state index is -3.53. The minimum Gasteiger partial charge on any atom is -0.359 e. The molecule has 1 saturated carbocycles. The molecule has 0 amide bonds. The van der Waals surface area contributed by atoms with Gasteiger partial charge in [-0.25, -0.2) is 8.42 Å². The molecule has 21 heavy (non-hydrogen) atoms. The van der Waals surface area contributed by atoms with Crippen LogP contribution in [0.25, 0.3) is 10.9 Å². The molecule has 1 aromatic carbocycles. The fraction of sp³-hybridized carbons (Fsp3) is 0.200. The standard InChI is InChI=1S/C15H14N2O2S2/c18-21(19,15-12(7-9-20-15)10-4-5-10)17-13-3-1-2-11-6-8-16-14(11)13/h1-3,6-10,16-17H,4-5H2. The third kappa shape index (κ3) is 2.24. The third-order valence-electron chi connectivity index (χ3n) is 3.75. The van der Waals surface area contributed by atoms with Crippen LogP contribution in [-0.2, 0) is 10.0 Å². The van der Waals surface area contributed by atoms with Gasteiger partial charge in [0, 0.05) is 11.6 Å². The Morgan fingerprint density at radius 1 is 1.19 bits per heavy atom. The number of sulfonamides is 1. The van der Waals surface area contributed by atoms with E-state index in [9.17, 15) is 8.42 Å². The van der Waals surface area contributed by atoms with Crippen LogP contribution < -0.4 is 4.72 Å². The molecule has 1 fully saturated rings. The van der Waals surface area contributed by atoms with E-state index in [0.717, 1.165) is 29.3 Å². The molecule has 1 aliphatic rings. The van der Waals surface area contributed by atoms with Crippen LogP contribution in [0.1, 0.15) is 24.3 Å². The number of thiophene rings is 1. The summed E-state index contributed by atoms with van der Waals surface area (Å²) >= 11 is 1.29. The van der Waals surface area contributed by atoms with Crippen molar-refractivity contribution >= 4 is 38.0 Å². The summed E-state index contributed by atoms with van der Waals surface area (Å²) in [7, 11) is -3.53. The molecule has 2 heterocycles. The second-order valence-electron chi connectivity index (χ2n) is 5.29. The van der Waals surface area contributed by atoms with Gasteiger partial charge in [-0.1, -0.05) is 12.1 Å². The molecule has 0 radical (unpaired) electrons. The van der Waals surface area contributed by atoms with E-state index in [1.165, 1.54) is 11.3 Å². The van der Waals surface area contributed by atoms with Gasteiger partial charge in [-0.15, -0.1) is 11.3 Å². The van der Waals surface area contributed by atoms with Gasteiger partial charge in [0.05, 0.1) is 11.2 Å². The number of aromatic amines is 1. The van der Waals surface area contributed by atoms with Crippen molar-refractivity contribution in [1.82, 2.24) is 4.98 Å². The first kappa shape index (κ1) is 12.9. The van der Waals surface area contributed by atoms with E-state index in [0.29, 0.717) is 15.8 Å². The summed E-state index contributed by atoms with van der Waals surface area (Å²) in [6.07, 6.45) is 3.99. The first-order chi connectivity index (χ1) is 10.1. The number of hydrogen-bond donors (Lipinski definition) is 2. The Morgan fingerprint density at radius 3 is 2.86 bits per heavy atom. The predicted octanol–water partition coefficient (Wildman–Crippen LogP) is 3.91. The molecule has 0 unspecified atom stereocenters. The van der Waals surface area contributed by atoms with Crippen molar-refractivity contribution in [3.05, 3.63) is 47.5 Å². The molecule has 4 nitrogen and oxygen atoms in total. The Balaban J connectivity index is 1.75. The molecule has 0 spiro atoms. The lowest BCUT2D eigenvalue weighted by atomic mass is 10.2. The van der Waals surface area contributed by atoms with E-state index in [4.69, 9.17) is 0 Å². The summed E-state index contributed by atoms with van der Waals surface area (Å²) < 4.78 is 28.5. The zero-order chi connectivity index (χ0) is 14.4. The van der Waals surface area contributed by atoms with Gasteiger partial charge in [-0.05, 0) is 47.9 Å². The van der Waals surface area contributed by atoms with Crippen molar-refractivity contribution in [3.8, 4) is 0 Å². The van der Waals surface area contributed by atoms with Crippen LogP contribution in [0.3, 0.4) is 0 Å². The quantitative estimate of drug-likeness (QED) is 0.766. The summed E-state index contributed by atoms with van der Waals surface area (Å²) in [5.41, 5.74) is 2.37. The Bertz CT molecular complexity index is 905. The van der Waals surface area contributed by atoms with Crippen molar-refractivity contribution in [2.45, 2.75) is 23.0 Å². The van der Waals surface area contributed by atoms with E-state index >= 15 is 0 Å². The van der Waals surface area contributed by atoms with Crippen LogP contribution in [0.2, 0.25) is 0 Å². The van der Waals surface area contributed by atoms with Gasteiger partial charge in [0.2, 0.25) is 0 Å². The van der Waals surface area contributed by atoms with Gasteiger partial charge in [0.25, 0.3) is 10.0 Å². The highest BCUT2D eigenvalue weighted by Gasteiger charge is 2.31. The molecule has 0 atom stereocenters. The average Bonchev–Trinajstić information content (AvgIpc) is 3.00. The molecule has 2 N–H and O–H groups in total. The summed E-state index contributed by atoms with van der Waals surface area (Å²) in [6.45, 7) is 0. The fourth-order valence-corrected chi connectivity index (χ4v) is 5.19. The lowest BCUT2D eigenvalue weighted by molar-refractivity contribution is 0.602. The summed E-state index contributed by atoms with van der Waals surface area (Å²) in [4.78, 5) is 3.08. The monoisotopic (exact) mass is 318 g/mol. The number of hydrogen-bond acceptors (Lipinski definition) is 3. The number of anilines is 1. The van der Waals surface area contributed by atoms with E-state index in [-0.39, 0.29) is 0 Å². The molecule has 1 aliphatic carbocycles. The minimum absolute atomic E-state index is 0.420. The molecule has 2 aromatic heterocycles. The molecular weight excluding hydrogens is 304 g/mol. The number of aromatic nitrogens is 1. The number of benzene rings is 1. The van der Waals surface area contributed by atoms with E-state index < -0.39 is 10.0 Å². The van der Waals surface area contributed by atoms with Gasteiger partial charge < -0.3 is 4.98 Å². The highest BCUT2D eigenvalue weighted by molar-refractivity contribution is 7.94. The fourth-order valence-electron chi connectivity index (χ4n) is 2.58. The number of fused-ring (bicyclic) bond motifs is 1. The summed E-state index contributed by atoms with van der Waals surface area (Å²) in [5.74, 6) is 0.420. The second-order valence-corrected chi connectivity index (χ2v) is 8.08. The molecule has 3 aromatic rings. The Kier molecular flexibility index (Phi) is 2.83. The predicted molar refractivity (Wildman–Crippen MR) is 85.4 cm³/mol. The SMILES string of the molecule is O=S(=O)(Nc1cccc2cc[nH]c12)c1sccc1C1CC1. The molecule has 108 valence electrons. The average molecular weight is 318 g/mol. The first-order valence-corrected chi connectivity index (χ1v) is 9.18. The lowest BCUT2D eigenvalue weighted by Gasteiger charge is -2.09. The van der Waals surface area contributed by atoms with Gasteiger partial charge in [0.15, 0.2) is 0 Å². The highest BCUT2D eigenvalue weighted by atomic mass is 32.2. The van der Waals surface area contributed by atoms with E-state index in [1.807, 2.05) is 35.8 Å². The van der Waals surface area contributed by atoms with Crippen LogP contribution in [-0.4, -0.2) is 13.4 Å². The normalized spacial score (nSPS) is 15.4. The van der Waals surface area contributed by atoms with Crippen molar-refractivity contribution in [1.29, 1.82) is 0 Å². The molecule has 6 heteroatoms. The Labute approximate surface area is 126 Å². The molecule has 0 saturated heterocycles. The molecule has 4 rings (SSSR count). The maximum absolute atomic E-state index is 12.7. The Hall–Kier alpha value is -1.79. The molecule has 0 bridgehead atoms. The van der Waals surface area contributed by atoms with Crippen molar-refractivity contribution < 1.29 is 8.42 Å². The number of nitrogens with one attached hydrogen (secondary N) is 2. The van der Waals surface area contributed by atoms with Gasteiger partial charge in [-0.3, -0.25) is 4.72 Å². The molecular formula is C15H14N2O2S2. The largest absolute Gasteiger partial charge is 0.359 e. The van der Waals surface area contributed by atoms with Gasteiger partial charge in [-0.2, -0.15) is 0 Å². The van der Waals surface area contributed by atoms with E-state index in [2.05, 4.69) is 9.71 Å². The van der Waals surface area contributed by atoms with Crippen LogP contribution >= 0.6 is 11.3 Å². The lowest BCUT2D eigenvalue weighted by Crippen LogP contribution is -2.13. The second kappa shape index (κ2) is 4.61. The summed E-state index contributed by atoms with van der Waals surface area (Å²) in [6, 6.07) is 9.44. The van der Waals surface area contributed by atoms with Crippen LogP contribution in [0.15, 0.2) is 46.1 Å². The maximum Gasteiger partial charge on any atom is 0.271 e. The zero-order valence-electron chi connectivity index (χ0n) is 11.2. The van der Waals surface area contributed by atoms with Crippen LogP contribution in [0.5, 0.6) is 0 Å². The van der Waals surface area contributed by atoms with Gasteiger partial charge >= 0.3 is 0 Å². The Morgan fingerprint density at radius 2 is 2.05 bits per heavy atom. The smallest absolute Gasteiger partial charge is 0.271 e. The van der Waals surface area contributed by atoms with Crippen molar-refractivity contribution in [2.24, 2.45) is 0 Å². The zero-order valence-corrected chi connectivity index (χ0v) is 12.8. The van der Waals surface area contributed by atoms with Crippen LogP contribution in [0, 0.1) is 0 Å². The number of H-pyrrole nitrogens is 1. The van der Waals surface area contributed by atoms with Crippen LogP contribution in [0.4, 0.5) is 5.69 Å². The topological polar surface area (TPSA) is 62.0 Å². The van der Waals surface area contributed by atoms with Crippen molar-refractivity contribution in [3.63, 3.8) is 0 Å². The molecule has 0 aliphatic heterocycles.